The number of aromatic nitrogens is 2. The SMILES string of the molecule is CN(CCBr)c1ncncc1Cl. The fourth-order valence-corrected chi connectivity index (χ4v) is 1.60. The maximum atomic E-state index is 5.87. The predicted octanol–water partition coefficient (Wildman–Crippen LogP) is 1.96. The second kappa shape index (κ2) is 4.62. The van der Waals surface area contributed by atoms with Gasteiger partial charge in [0.1, 0.15) is 11.3 Å². The van der Waals surface area contributed by atoms with Crippen molar-refractivity contribution < 1.29 is 0 Å². The van der Waals surface area contributed by atoms with Crippen LogP contribution in [-0.2, 0) is 0 Å². The second-order valence-electron chi connectivity index (χ2n) is 2.30. The molecule has 0 aliphatic carbocycles. The molecule has 66 valence electrons. The number of halogens is 2. The summed E-state index contributed by atoms with van der Waals surface area (Å²) in [4.78, 5) is 9.84. The van der Waals surface area contributed by atoms with Gasteiger partial charge in [0, 0.05) is 18.9 Å². The van der Waals surface area contributed by atoms with Gasteiger partial charge >= 0.3 is 0 Å². The third kappa shape index (κ3) is 2.32. The van der Waals surface area contributed by atoms with Crippen LogP contribution in [0.15, 0.2) is 12.5 Å². The Morgan fingerprint density at radius 1 is 1.67 bits per heavy atom. The molecule has 1 aromatic rings. The zero-order valence-corrected chi connectivity index (χ0v) is 9.01. The normalized spacial score (nSPS) is 9.92. The summed E-state index contributed by atoms with van der Waals surface area (Å²) in [6.07, 6.45) is 3.08. The van der Waals surface area contributed by atoms with Gasteiger partial charge in [-0.3, -0.25) is 0 Å². The summed E-state index contributed by atoms with van der Waals surface area (Å²) < 4.78 is 0. The minimum atomic E-state index is 0.584. The number of alkyl halides is 1. The Morgan fingerprint density at radius 3 is 3.00 bits per heavy atom. The lowest BCUT2D eigenvalue weighted by molar-refractivity contribution is 0.940. The minimum absolute atomic E-state index is 0.584. The molecular formula is C7H9BrClN3. The van der Waals surface area contributed by atoms with Crippen LogP contribution in [0.25, 0.3) is 0 Å². The highest BCUT2D eigenvalue weighted by Crippen LogP contribution is 2.19. The largest absolute Gasteiger partial charge is 0.358 e. The van der Waals surface area contributed by atoms with E-state index in [1.165, 1.54) is 6.33 Å². The summed E-state index contributed by atoms with van der Waals surface area (Å²) >= 11 is 9.22. The summed E-state index contributed by atoms with van der Waals surface area (Å²) in [5, 5.41) is 1.48. The zero-order valence-electron chi connectivity index (χ0n) is 6.67. The molecule has 0 aliphatic heterocycles. The predicted molar refractivity (Wildman–Crippen MR) is 54.1 cm³/mol. The van der Waals surface area contributed by atoms with Crippen LogP contribution in [0.5, 0.6) is 0 Å². The number of hydrogen-bond acceptors (Lipinski definition) is 3. The van der Waals surface area contributed by atoms with Crippen molar-refractivity contribution in [3.63, 3.8) is 0 Å². The van der Waals surface area contributed by atoms with E-state index in [1.807, 2.05) is 11.9 Å². The van der Waals surface area contributed by atoms with Crippen molar-refractivity contribution in [3.8, 4) is 0 Å². The van der Waals surface area contributed by atoms with E-state index in [-0.39, 0.29) is 0 Å². The molecule has 1 aromatic heterocycles. The summed E-state index contributed by atoms with van der Waals surface area (Å²) in [5.41, 5.74) is 0. The summed E-state index contributed by atoms with van der Waals surface area (Å²) in [6.45, 7) is 0.872. The Morgan fingerprint density at radius 2 is 2.42 bits per heavy atom. The summed E-state index contributed by atoms with van der Waals surface area (Å²) in [7, 11) is 1.94. The molecule has 0 aromatic carbocycles. The Labute approximate surface area is 84.9 Å². The maximum absolute atomic E-state index is 5.87. The van der Waals surface area contributed by atoms with Gasteiger partial charge in [-0.25, -0.2) is 9.97 Å². The average Bonchev–Trinajstić information content (AvgIpc) is 2.05. The lowest BCUT2D eigenvalue weighted by Gasteiger charge is -2.16. The molecule has 0 fully saturated rings. The van der Waals surface area contributed by atoms with Gasteiger partial charge in [-0.1, -0.05) is 27.5 Å². The van der Waals surface area contributed by atoms with Crippen molar-refractivity contribution in [3.05, 3.63) is 17.5 Å². The van der Waals surface area contributed by atoms with Gasteiger partial charge in [0.15, 0.2) is 5.82 Å². The smallest absolute Gasteiger partial charge is 0.150 e. The fourth-order valence-electron chi connectivity index (χ4n) is 0.820. The highest BCUT2D eigenvalue weighted by molar-refractivity contribution is 9.09. The van der Waals surface area contributed by atoms with Gasteiger partial charge in [-0.05, 0) is 0 Å². The molecule has 1 heterocycles. The van der Waals surface area contributed by atoms with E-state index in [2.05, 4.69) is 25.9 Å². The summed E-state index contributed by atoms with van der Waals surface area (Å²) in [5.74, 6) is 0.770. The molecule has 0 spiro atoms. The van der Waals surface area contributed by atoms with Crippen LogP contribution >= 0.6 is 27.5 Å². The van der Waals surface area contributed by atoms with Crippen molar-refractivity contribution in [2.45, 2.75) is 0 Å². The number of rotatable bonds is 3. The Bertz CT molecular complexity index is 256. The van der Waals surface area contributed by atoms with Gasteiger partial charge in [-0.15, -0.1) is 0 Å². The van der Waals surface area contributed by atoms with E-state index in [0.29, 0.717) is 5.02 Å². The first-order valence-electron chi connectivity index (χ1n) is 3.48. The van der Waals surface area contributed by atoms with E-state index in [0.717, 1.165) is 17.7 Å². The second-order valence-corrected chi connectivity index (χ2v) is 3.51. The third-order valence-corrected chi connectivity index (χ3v) is 2.05. The van der Waals surface area contributed by atoms with Crippen LogP contribution in [0.1, 0.15) is 0 Å². The van der Waals surface area contributed by atoms with Gasteiger partial charge in [0.2, 0.25) is 0 Å². The third-order valence-electron chi connectivity index (χ3n) is 1.43. The molecule has 0 saturated carbocycles. The highest BCUT2D eigenvalue weighted by Gasteiger charge is 2.05. The van der Waals surface area contributed by atoms with Crippen LogP contribution in [0.3, 0.4) is 0 Å². The molecule has 0 amide bonds. The van der Waals surface area contributed by atoms with E-state index in [9.17, 15) is 0 Å². The Balaban J connectivity index is 2.79. The standard InChI is InChI=1S/C7H9BrClN3/c1-12(3-2-8)7-6(9)4-10-5-11-7/h4-5H,2-3H2,1H3. The molecule has 0 bridgehead atoms. The fraction of sp³-hybridized carbons (Fsp3) is 0.429. The van der Waals surface area contributed by atoms with Crippen LogP contribution in [0.4, 0.5) is 5.82 Å². The van der Waals surface area contributed by atoms with Crippen LogP contribution in [0, 0.1) is 0 Å². The quantitative estimate of drug-likeness (QED) is 0.768. The van der Waals surface area contributed by atoms with Gasteiger partial charge in [-0.2, -0.15) is 0 Å². The summed E-state index contributed by atoms with van der Waals surface area (Å²) in [6, 6.07) is 0. The van der Waals surface area contributed by atoms with Crippen molar-refractivity contribution >= 4 is 33.3 Å². The van der Waals surface area contributed by atoms with E-state index in [1.54, 1.807) is 6.20 Å². The lowest BCUT2D eigenvalue weighted by atomic mass is 10.5. The van der Waals surface area contributed by atoms with Gasteiger partial charge in [0.25, 0.3) is 0 Å². The number of anilines is 1. The molecule has 0 N–H and O–H groups in total. The van der Waals surface area contributed by atoms with Gasteiger partial charge in [0.05, 0.1) is 6.20 Å². The Kier molecular flexibility index (Phi) is 3.75. The minimum Gasteiger partial charge on any atom is -0.358 e. The molecule has 12 heavy (non-hydrogen) atoms. The Hall–Kier alpha value is -0.350. The average molecular weight is 251 g/mol. The van der Waals surface area contributed by atoms with Crippen LogP contribution in [0.2, 0.25) is 5.02 Å². The number of hydrogen-bond donors (Lipinski definition) is 0. The zero-order chi connectivity index (χ0) is 8.97. The molecule has 0 unspecified atom stereocenters. The first-order chi connectivity index (χ1) is 5.75. The molecule has 0 radical (unpaired) electrons. The highest BCUT2D eigenvalue weighted by atomic mass is 79.9. The molecule has 0 aliphatic rings. The van der Waals surface area contributed by atoms with E-state index >= 15 is 0 Å². The topological polar surface area (TPSA) is 29.0 Å². The number of nitrogens with zero attached hydrogens (tertiary/aromatic N) is 3. The molecule has 0 atom stereocenters. The molecule has 0 saturated heterocycles. The first-order valence-corrected chi connectivity index (χ1v) is 4.98. The van der Waals surface area contributed by atoms with Crippen molar-refractivity contribution in [2.75, 3.05) is 23.8 Å². The molecule has 1 rings (SSSR count). The molecular weight excluding hydrogens is 241 g/mol. The monoisotopic (exact) mass is 249 g/mol. The first kappa shape index (κ1) is 9.74. The molecule has 3 nitrogen and oxygen atoms in total. The van der Waals surface area contributed by atoms with Crippen molar-refractivity contribution in [1.29, 1.82) is 0 Å². The van der Waals surface area contributed by atoms with Crippen LogP contribution in [-0.4, -0.2) is 28.9 Å². The van der Waals surface area contributed by atoms with Gasteiger partial charge < -0.3 is 4.90 Å². The van der Waals surface area contributed by atoms with E-state index in [4.69, 9.17) is 11.6 Å². The molecule has 5 heteroatoms. The van der Waals surface area contributed by atoms with Crippen molar-refractivity contribution in [2.24, 2.45) is 0 Å². The lowest BCUT2D eigenvalue weighted by Crippen LogP contribution is -2.20. The maximum Gasteiger partial charge on any atom is 0.150 e. The van der Waals surface area contributed by atoms with E-state index < -0.39 is 0 Å². The van der Waals surface area contributed by atoms with Crippen LogP contribution < -0.4 is 4.90 Å². The van der Waals surface area contributed by atoms with Crippen molar-refractivity contribution in [1.82, 2.24) is 9.97 Å².